The summed E-state index contributed by atoms with van der Waals surface area (Å²) in [5, 5.41) is 43.8. The molecule has 0 saturated carbocycles. The third kappa shape index (κ3) is 41.9. The first-order valence-electron chi connectivity index (χ1n) is 26.2. The van der Waals surface area contributed by atoms with Crippen molar-refractivity contribution in [3.05, 3.63) is 24.3 Å². The fraction of sp³-hybridized carbons (Fsp3) is 0.906. The number of nitrogens with one attached hydrogen (secondary N) is 1. The highest BCUT2D eigenvalue weighted by molar-refractivity contribution is 5.80. The van der Waals surface area contributed by atoms with Gasteiger partial charge in [-0.15, -0.1) is 0 Å². The van der Waals surface area contributed by atoms with E-state index in [2.05, 4.69) is 43.5 Å². The van der Waals surface area contributed by atoms with Crippen LogP contribution in [0.1, 0.15) is 277 Å². The number of amides is 1. The van der Waals surface area contributed by atoms with Gasteiger partial charge in [-0.3, -0.25) is 4.79 Å². The van der Waals surface area contributed by atoms with Crippen molar-refractivity contribution >= 4 is 5.91 Å². The van der Waals surface area contributed by atoms with E-state index in [0.717, 1.165) is 38.5 Å². The summed E-state index contributed by atoms with van der Waals surface area (Å²) in [6, 6.07) is -1.01. The molecule has 0 aromatic rings. The molecule has 350 valence electrons. The van der Waals surface area contributed by atoms with Gasteiger partial charge in [0.15, 0.2) is 0 Å². The molecular formula is C53H103NO5. The van der Waals surface area contributed by atoms with Crippen LogP contribution in [0.2, 0.25) is 0 Å². The number of allylic oxidation sites excluding steroid dienone is 4. The monoisotopic (exact) mass is 834 g/mol. The largest absolute Gasteiger partial charge is 0.394 e. The van der Waals surface area contributed by atoms with E-state index in [0.29, 0.717) is 19.3 Å². The molecule has 0 fully saturated rings. The molecule has 59 heavy (non-hydrogen) atoms. The van der Waals surface area contributed by atoms with E-state index < -0.39 is 36.9 Å². The van der Waals surface area contributed by atoms with Gasteiger partial charge in [-0.25, -0.2) is 0 Å². The van der Waals surface area contributed by atoms with Gasteiger partial charge in [0.2, 0.25) is 5.91 Å². The second-order valence-corrected chi connectivity index (χ2v) is 18.2. The van der Waals surface area contributed by atoms with Gasteiger partial charge in [0, 0.05) is 0 Å². The van der Waals surface area contributed by atoms with Gasteiger partial charge in [-0.1, -0.05) is 250 Å². The van der Waals surface area contributed by atoms with Crippen molar-refractivity contribution in [1.29, 1.82) is 0 Å². The minimum absolute atomic E-state index is 0.364. The molecule has 0 aliphatic carbocycles. The summed E-state index contributed by atoms with van der Waals surface area (Å²) in [5.74, 6) is -0.593. The molecule has 0 aliphatic rings. The summed E-state index contributed by atoms with van der Waals surface area (Å²) in [4.78, 5) is 12.6. The summed E-state index contributed by atoms with van der Waals surface area (Å²) in [6.07, 6.45) is 56.6. The van der Waals surface area contributed by atoms with Crippen LogP contribution in [0.25, 0.3) is 0 Å². The topological polar surface area (TPSA) is 110 Å². The first-order valence-corrected chi connectivity index (χ1v) is 26.2. The number of hydrogen-bond acceptors (Lipinski definition) is 5. The number of carbonyl (C=O) groups is 1. The van der Waals surface area contributed by atoms with E-state index in [9.17, 15) is 25.2 Å². The van der Waals surface area contributed by atoms with Gasteiger partial charge in [0.05, 0.1) is 18.8 Å². The molecule has 0 rings (SSSR count). The normalized spacial score (nSPS) is 14.1. The third-order valence-electron chi connectivity index (χ3n) is 12.4. The van der Waals surface area contributed by atoms with E-state index in [-0.39, 0.29) is 0 Å². The second-order valence-electron chi connectivity index (χ2n) is 18.2. The zero-order valence-corrected chi connectivity index (χ0v) is 39.5. The van der Waals surface area contributed by atoms with Crippen LogP contribution in [0.5, 0.6) is 0 Å². The number of carbonyl (C=O) groups excluding carboxylic acids is 1. The molecule has 4 atom stereocenters. The Balaban J connectivity index is 3.67. The molecule has 4 unspecified atom stereocenters. The predicted molar refractivity (Wildman–Crippen MR) is 256 cm³/mol. The summed E-state index contributed by atoms with van der Waals surface area (Å²) < 4.78 is 0. The quantitative estimate of drug-likeness (QED) is 0.0310. The van der Waals surface area contributed by atoms with Crippen LogP contribution >= 0.6 is 0 Å². The maximum atomic E-state index is 12.6. The number of aliphatic hydroxyl groups excluding tert-OH is 4. The van der Waals surface area contributed by atoms with Gasteiger partial charge in [-0.05, 0) is 51.4 Å². The minimum Gasteiger partial charge on any atom is -0.394 e. The van der Waals surface area contributed by atoms with Crippen molar-refractivity contribution in [2.45, 2.75) is 301 Å². The molecular weight excluding hydrogens is 731 g/mol. The van der Waals surface area contributed by atoms with Crippen LogP contribution in [0.15, 0.2) is 24.3 Å². The Morgan fingerprint density at radius 3 is 1.07 bits per heavy atom. The Hall–Kier alpha value is -1.21. The van der Waals surface area contributed by atoms with Crippen LogP contribution in [-0.2, 0) is 4.79 Å². The van der Waals surface area contributed by atoms with Crippen molar-refractivity contribution in [1.82, 2.24) is 5.32 Å². The van der Waals surface area contributed by atoms with Gasteiger partial charge in [-0.2, -0.15) is 0 Å². The molecule has 0 bridgehead atoms. The molecule has 6 nitrogen and oxygen atoms in total. The van der Waals surface area contributed by atoms with E-state index in [4.69, 9.17) is 0 Å². The summed E-state index contributed by atoms with van der Waals surface area (Å²) in [5.41, 5.74) is 0. The molecule has 6 heteroatoms. The smallest absolute Gasteiger partial charge is 0.249 e. The molecule has 1 amide bonds. The average molecular weight is 834 g/mol. The van der Waals surface area contributed by atoms with E-state index >= 15 is 0 Å². The summed E-state index contributed by atoms with van der Waals surface area (Å²) in [7, 11) is 0. The zero-order chi connectivity index (χ0) is 43.1. The Kier molecular flexibility index (Phi) is 46.9. The van der Waals surface area contributed by atoms with Crippen molar-refractivity contribution in [3.8, 4) is 0 Å². The van der Waals surface area contributed by atoms with Gasteiger partial charge in [0.1, 0.15) is 12.2 Å². The summed E-state index contributed by atoms with van der Waals surface area (Å²) in [6.45, 7) is 4.06. The minimum atomic E-state index is -1.29. The van der Waals surface area contributed by atoms with E-state index in [1.807, 2.05) is 0 Å². The van der Waals surface area contributed by atoms with Crippen molar-refractivity contribution in [2.24, 2.45) is 0 Å². The number of rotatable bonds is 48. The van der Waals surface area contributed by atoms with Crippen molar-refractivity contribution in [3.63, 3.8) is 0 Å². The van der Waals surface area contributed by atoms with Crippen LogP contribution in [0.4, 0.5) is 0 Å². The maximum Gasteiger partial charge on any atom is 0.249 e. The molecule has 5 N–H and O–H groups in total. The maximum absolute atomic E-state index is 12.6. The Bertz CT molecular complexity index is 893. The summed E-state index contributed by atoms with van der Waals surface area (Å²) >= 11 is 0. The molecule has 0 aromatic heterocycles. The Morgan fingerprint density at radius 1 is 0.407 bits per heavy atom. The SMILES string of the molecule is CCCCCCCCCCC/C=C/CC/C=C/CCCC(O)C(O)C(CO)NC(=O)C(O)CCCCCCCCCCCCCCCCCCCCCCCCCCC. The lowest BCUT2D eigenvalue weighted by Crippen LogP contribution is -2.53. The Morgan fingerprint density at radius 2 is 0.712 bits per heavy atom. The van der Waals surface area contributed by atoms with Gasteiger partial charge >= 0.3 is 0 Å². The highest BCUT2D eigenvalue weighted by atomic mass is 16.3. The second kappa shape index (κ2) is 47.8. The van der Waals surface area contributed by atoms with E-state index in [1.54, 1.807) is 0 Å². The number of unbranched alkanes of at least 4 members (excludes halogenated alkanes) is 35. The third-order valence-corrected chi connectivity index (χ3v) is 12.4. The fourth-order valence-corrected chi connectivity index (χ4v) is 8.25. The van der Waals surface area contributed by atoms with Crippen LogP contribution in [0.3, 0.4) is 0 Å². The van der Waals surface area contributed by atoms with E-state index in [1.165, 1.54) is 205 Å². The highest BCUT2D eigenvalue weighted by Gasteiger charge is 2.28. The zero-order valence-electron chi connectivity index (χ0n) is 39.5. The molecule has 0 aromatic carbocycles. The number of hydrogen-bond donors (Lipinski definition) is 5. The number of aliphatic hydroxyl groups is 4. The molecule has 0 spiro atoms. The standard InChI is InChI=1S/C53H103NO5/c1-3-5-7-9-11-13-15-17-19-21-23-24-25-26-27-28-29-31-33-35-37-39-41-43-45-47-51(57)53(59)54-49(48-55)52(58)50(56)46-44-42-40-38-36-34-32-30-22-20-18-16-14-12-10-8-6-4-2/h30,32,38,40,49-52,55-58H,3-29,31,33-37,39,41-48H2,1-2H3,(H,54,59)/b32-30+,40-38+. The van der Waals surface area contributed by atoms with Crippen molar-refractivity contribution < 1.29 is 25.2 Å². The fourth-order valence-electron chi connectivity index (χ4n) is 8.25. The highest BCUT2D eigenvalue weighted by Crippen LogP contribution is 2.17. The van der Waals surface area contributed by atoms with Gasteiger partial charge < -0.3 is 25.7 Å². The lowest BCUT2D eigenvalue weighted by Gasteiger charge is -2.27. The molecule has 0 aliphatic heterocycles. The van der Waals surface area contributed by atoms with Crippen molar-refractivity contribution in [2.75, 3.05) is 6.61 Å². The first kappa shape index (κ1) is 57.8. The lowest BCUT2D eigenvalue weighted by atomic mass is 10.00. The van der Waals surface area contributed by atoms with Gasteiger partial charge in [0.25, 0.3) is 0 Å². The van der Waals surface area contributed by atoms with Crippen LogP contribution in [-0.4, -0.2) is 57.3 Å². The first-order chi connectivity index (χ1) is 29.0. The Labute approximate surface area is 367 Å². The molecule has 0 saturated heterocycles. The lowest BCUT2D eigenvalue weighted by molar-refractivity contribution is -0.132. The average Bonchev–Trinajstić information content (AvgIpc) is 3.24. The molecule has 0 radical (unpaired) electrons. The van der Waals surface area contributed by atoms with Crippen LogP contribution < -0.4 is 5.32 Å². The predicted octanol–water partition coefficient (Wildman–Crippen LogP) is 14.7. The van der Waals surface area contributed by atoms with Crippen LogP contribution in [0, 0.1) is 0 Å². The molecule has 0 heterocycles.